The van der Waals surface area contributed by atoms with Gasteiger partial charge in [-0.2, -0.15) is 0 Å². The van der Waals surface area contributed by atoms with Crippen molar-refractivity contribution in [1.82, 2.24) is 9.97 Å². The van der Waals surface area contributed by atoms with Crippen LogP contribution in [-0.2, 0) is 0 Å². The van der Waals surface area contributed by atoms with Crippen molar-refractivity contribution in [2.24, 2.45) is 0 Å². The molecule has 0 N–H and O–H groups in total. The Morgan fingerprint density at radius 3 is 3.00 bits per heavy atom. The zero-order chi connectivity index (χ0) is 6.81. The summed E-state index contributed by atoms with van der Waals surface area (Å²) in [7, 11) is 0. The van der Waals surface area contributed by atoms with Crippen molar-refractivity contribution in [3.63, 3.8) is 0 Å². The lowest BCUT2D eigenvalue weighted by Gasteiger charge is -1.90. The van der Waals surface area contributed by atoms with Crippen molar-refractivity contribution in [3.05, 3.63) is 36.8 Å². The molecular weight excluding hydrogens is 124 g/mol. The van der Waals surface area contributed by atoms with Crippen LogP contribution in [0.15, 0.2) is 30.5 Å². The quantitative estimate of drug-likeness (QED) is 0.537. The largest absolute Gasteiger partial charge is 0.233 e. The van der Waals surface area contributed by atoms with E-state index in [-0.39, 0.29) is 0 Å². The van der Waals surface area contributed by atoms with Crippen LogP contribution in [0.5, 0.6) is 0 Å². The molecule has 0 spiro atoms. The van der Waals surface area contributed by atoms with Crippen molar-refractivity contribution < 1.29 is 0 Å². The van der Waals surface area contributed by atoms with Gasteiger partial charge in [-0.25, -0.2) is 9.97 Å². The van der Waals surface area contributed by atoms with Gasteiger partial charge in [0.05, 0.1) is 5.52 Å². The van der Waals surface area contributed by atoms with Gasteiger partial charge in [-0.15, -0.1) is 0 Å². The highest BCUT2D eigenvalue weighted by atomic mass is 14.8. The average Bonchev–Trinajstić information content (AvgIpc) is 2.05. The van der Waals surface area contributed by atoms with Crippen molar-refractivity contribution in [3.8, 4) is 0 Å². The Kier molecular flexibility index (Phi) is 1.10. The molecule has 2 nitrogen and oxygen atoms in total. The molecule has 1 aromatic carbocycles. The Morgan fingerprint density at radius 2 is 2.10 bits per heavy atom. The molecule has 0 saturated heterocycles. The van der Waals surface area contributed by atoms with E-state index in [1.54, 1.807) is 6.20 Å². The maximum atomic E-state index is 3.95. The fourth-order valence-corrected chi connectivity index (χ4v) is 0.880. The third kappa shape index (κ3) is 0.739. The van der Waals surface area contributed by atoms with Gasteiger partial charge in [-0.05, 0) is 6.07 Å². The van der Waals surface area contributed by atoms with E-state index in [9.17, 15) is 0 Å². The summed E-state index contributed by atoms with van der Waals surface area (Å²) < 4.78 is 0. The number of hydrogen-bond acceptors (Lipinski definition) is 2. The molecule has 47 valence electrons. The van der Waals surface area contributed by atoms with Gasteiger partial charge >= 0.3 is 0 Å². The van der Waals surface area contributed by atoms with E-state index in [0.29, 0.717) is 0 Å². The summed E-state index contributed by atoms with van der Waals surface area (Å²) in [6, 6.07) is 7.82. The standard InChI is InChI=1S/C8H5N2/c1-2-4-8-7(3-1)5-9-6-10-8/h1-5H. The summed E-state index contributed by atoms with van der Waals surface area (Å²) in [6.45, 7) is 0. The van der Waals surface area contributed by atoms with Gasteiger partial charge < -0.3 is 0 Å². The molecule has 0 aliphatic rings. The molecule has 0 aliphatic carbocycles. The Hall–Kier alpha value is -1.44. The van der Waals surface area contributed by atoms with E-state index < -0.39 is 0 Å². The fraction of sp³-hybridized carbons (Fsp3) is 0. The van der Waals surface area contributed by atoms with Crippen LogP contribution in [0.3, 0.4) is 0 Å². The Bertz CT molecular complexity index is 278. The zero-order valence-corrected chi connectivity index (χ0v) is 5.28. The van der Waals surface area contributed by atoms with Gasteiger partial charge in [-0.1, -0.05) is 18.2 Å². The summed E-state index contributed by atoms with van der Waals surface area (Å²) in [5.74, 6) is 0. The number of aromatic nitrogens is 2. The highest BCUT2D eigenvalue weighted by molar-refractivity contribution is 5.76. The molecule has 0 aliphatic heterocycles. The molecule has 0 unspecified atom stereocenters. The van der Waals surface area contributed by atoms with Crippen LogP contribution in [0.4, 0.5) is 0 Å². The van der Waals surface area contributed by atoms with E-state index >= 15 is 0 Å². The first-order valence-corrected chi connectivity index (χ1v) is 3.05. The molecule has 1 radical (unpaired) electrons. The average molecular weight is 129 g/mol. The Labute approximate surface area is 58.6 Å². The van der Waals surface area contributed by atoms with Gasteiger partial charge in [0.15, 0.2) is 6.33 Å². The van der Waals surface area contributed by atoms with Gasteiger partial charge in [-0.3, -0.25) is 0 Å². The van der Waals surface area contributed by atoms with Crippen molar-refractivity contribution in [2.45, 2.75) is 0 Å². The molecule has 0 fully saturated rings. The number of para-hydroxylation sites is 1. The third-order valence-electron chi connectivity index (χ3n) is 1.37. The van der Waals surface area contributed by atoms with E-state index in [2.05, 4.69) is 16.3 Å². The lowest BCUT2D eigenvalue weighted by atomic mass is 10.2. The van der Waals surface area contributed by atoms with E-state index in [1.807, 2.05) is 24.3 Å². The van der Waals surface area contributed by atoms with Crippen LogP contribution in [0.2, 0.25) is 0 Å². The zero-order valence-electron chi connectivity index (χ0n) is 5.28. The van der Waals surface area contributed by atoms with Crippen LogP contribution >= 0.6 is 0 Å². The van der Waals surface area contributed by atoms with Crippen molar-refractivity contribution >= 4 is 10.9 Å². The topological polar surface area (TPSA) is 25.8 Å². The number of rotatable bonds is 0. The van der Waals surface area contributed by atoms with E-state index in [1.165, 1.54) is 0 Å². The smallest absolute Gasteiger partial charge is 0.198 e. The summed E-state index contributed by atoms with van der Waals surface area (Å²) in [5, 5.41) is 1.06. The maximum Gasteiger partial charge on any atom is 0.198 e. The Balaban J connectivity index is 2.89. The molecule has 0 saturated carbocycles. The van der Waals surface area contributed by atoms with Crippen molar-refractivity contribution in [2.75, 3.05) is 0 Å². The lowest BCUT2D eigenvalue weighted by Crippen LogP contribution is -1.78. The first-order chi connectivity index (χ1) is 4.97. The summed E-state index contributed by atoms with van der Waals surface area (Å²) >= 11 is 0. The number of benzene rings is 1. The van der Waals surface area contributed by atoms with Gasteiger partial charge in [0.2, 0.25) is 0 Å². The molecule has 2 heteroatoms. The molecule has 10 heavy (non-hydrogen) atoms. The Morgan fingerprint density at radius 1 is 1.20 bits per heavy atom. The normalized spacial score (nSPS) is 10.0. The van der Waals surface area contributed by atoms with Crippen LogP contribution < -0.4 is 0 Å². The first kappa shape index (κ1) is 5.35. The lowest BCUT2D eigenvalue weighted by molar-refractivity contribution is 1.20. The predicted octanol–water partition coefficient (Wildman–Crippen LogP) is 1.43. The SMILES string of the molecule is [c]1ncc2ccccc2n1. The minimum absolute atomic E-state index is 0.942. The van der Waals surface area contributed by atoms with Gasteiger partial charge in [0.25, 0.3) is 0 Å². The second-order valence-corrected chi connectivity index (χ2v) is 2.03. The molecule has 2 rings (SSSR count). The number of hydrogen-bond donors (Lipinski definition) is 0. The van der Waals surface area contributed by atoms with Crippen molar-refractivity contribution in [1.29, 1.82) is 0 Å². The van der Waals surface area contributed by atoms with Gasteiger partial charge in [0.1, 0.15) is 0 Å². The highest BCUT2D eigenvalue weighted by Gasteiger charge is 1.88. The van der Waals surface area contributed by atoms with Crippen LogP contribution in [0.25, 0.3) is 10.9 Å². The molecule has 2 aromatic rings. The summed E-state index contributed by atoms with van der Waals surface area (Å²) in [5.41, 5.74) is 0.942. The number of nitrogens with zero attached hydrogens (tertiary/aromatic N) is 2. The molecule has 1 heterocycles. The molecule has 0 amide bonds. The van der Waals surface area contributed by atoms with Crippen LogP contribution in [0.1, 0.15) is 0 Å². The molecular formula is C8H5N2. The van der Waals surface area contributed by atoms with E-state index in [4.69, 9.17) is 0 Å². The second kappa shape index (κ2) is 2.06. The first-order valence-electron chi connectivity index (χ1n) is 3.05. The van der Waals surface area contributed by atoms with E-state index in [0.717, 1.165) is 10.9 Å². The number of fused-ring (bicyclic) bond motifs is 1. The highest BCUT2D eigenvalue weighted by Crippen LogP contribution is 2.06. The minimum atomic E-state index is 0.942. The molecule has 1 aromatic heterocycles. The van der Waals surface area contributed by atoms with Crippen LogP contribution in [0, 0.1) is 6.33 Å². The maximum absolute atomic E-state index is 3.95. The summed E-state index contributed by atoms with van der Waals surface area (Å²) in [6.07, 6.45) is 4.29. The predicted molar refractivity (Wildman–Crippen MR) is 38.4 cm³/mol. The van der Waals surface area contributed by atoms with Gasteiger partial charge in [0, 0.05) is 11.6 Å². The molecule has 0 atom stereocenters. The minimum Gasteiger partial charge on any atom is -0.233 e. The second-order valence-electron chi connectivity index (χ2n) is 2.03. The molecule has 0 bridgehead atoms. The monoisotopic (exact) mass is 129 g/mol. The third-order valence-corrected chi connectivity index (χ3v) is 1.37. The van der Waals surface area contributed by atoms with Crippen LogP contribution in [-0.4, -0.2) is 9.97 Å². The summed E-state index contributed by atoms with van der Waals surface area (Å²) in [4.78, 5) is 7.72. The fourth-order valence-electron chi connectivity index (χ4n) is 0.880.